The first-order valence-corrected chi connectivity index (χ1v) is 10.5. The highest BCUT2D eigenvalue weighted by Crippen LogP contribution is 2.43. The van der Waals surface area contributed by atoms with Gasteiger partial charge in [-0.2, -0.15) is 0 Å². The van der Waals surface area contributed by atoms with Crippen molar-refractivity contribution in [2.45, 2.75) is 25.4 Å². The third-order valence-electron chi connectivity index (χ3n) is 5.58. The lowest BCUT2D eigenvalue weighted by atomic mass is 9.72. The number of fused-ring (bicyclic) bond motifs is 1. The summed E-state index contributed by atoms with van der Waals surface area (Å²) in [6, 6.07) is 2.78. The van der Waals surface area contributed by atoms with E-state index in [0.29, 0.717) is 18.7 Å². The number of likely N-dealkylation sites (tertiary alicyclic amines) is 1. The van der Waals surface area contributed by atoms with E-state index in [-0.39, 0.29) is 37.2 Å². The topological polar surface area (TPSA) is 103 Å². The third kappa shape index (κ3) is 3.55. The van der Waals surface area contributed by atoms with Crippen LogP contribution in [0.1, 0.15) is 18.6 Å². The number of sulfonamides is 1. The van der Waals surface area contributed by atoms with E-state index in [1.807, 2.05) is 0 Å². The zero-order valence-corrected chi connectivity index (χ0v) is 16.7. The van der Waals surface area contributed by atoms with Gasteiger partial charge in [0.2, 0.25) is 15.9 Å². The Labute approximate surface area is 159 Å². The van der Waals surface area contributed by atoms with Gasteiger partial charge in [-0.1, -0.05) is 0 Å². The number of hydrogen-bond donors (Lipinski definition) is 1. The summed E-state index contributed by atoms with van der Waals surface area (Å²) < 4.78 is 31.2. The lowest BCUT2D eigenvalue weighted by molar-refractivity contribution is -0.147. The summed E-state index contributed by atoms with van der Waals surface area (Å²) in [5.41, 5.74) is -0.927. The van der Waals surface area contributed by atoms with Gasteiger partial charge in [0.15, 0.2) is 0 Å². The highest BCUT2D eigenvalue weighted by molar-refractivity contribution is 7.89. The summed E-state index contributed by atoms with van der Waals surface area (Å²) in [6.07, 6.45) is 2.17. The highest BCUT2D eigenvalue weighted by atomic mass is 32.2. The van der Waals surface area contributed by atoms with Crippen molar-refractivity contribution in [2.24, 2.45) is 5.41 Å². The van der Waals surface area contributed by atoms with Crippen molar-refractivity contribution >= 4 is 22.0 Å². The molecular formula is C17H26N4O5S. The van der Waals surface area contributed by atoms with Gasteiger partial charge < -0.3 is 19.5 Å². The zero-order chi connectivity index (χ0) is 19.8. The molecule has 2 atom stereocenters. The maximum atomic E-state index is 13.1. The molecule has 27 heavy (non-hydrogen) atoms. The molecule has 0 radical (unpaired) electrons. The first kappa shape index (κ1) is 19.7. The average molecular weight is 398 g/mol. The van der Waals surface area contributed by atoms with Crippen molar-refractivity contribution in [1.82, 2.24) is 19.4 Å². The molecule has 1 N–H and O–H groups in total. The molecule has 2 fully saturated rings. The van der Waals surface area contributed by atoms with E-state index >= 15 is 0 Å². The van der Waals surface area contributed by atoms with E-state index in [4.69, 9.17) is 4.42 Å². The second-order valence-corrected chi connectivity index (χ2v) is 9.55. The average Bonchev–Trinajstić information content (AvgIpc) is 3.15. The lowest BCUT2D eigenvalue weighted by Crippen LogP contribution is -2.68. The van der Waals surface area contributed by atoms with Gasteiger partial charge in [-0.25, -0.2) is 17.5 Å². The molecule has 150 valence electrons. The predicted octanol–water partition coefficient (Wildman–Crippen LogP) is 0.303. The fraction of sp³-hybridized carbons (Fsp3) is 0.647. The molecule has 0 aromatic carbocycles. The number of urea groups is 1. The molecule has 9 nitrogen and oxygen atoms in total. The van der Waals surface area contributed by atoms with Crippen molar-refractivity contribution in [2.75, 3.05) is 40.0 Å². The van der Waals surface area contributed by atoms with Crippen LogP contribution in [0.25, 0.3) is 0 Å². The fourth-order valence-electron chi connectivity index (χ4n) is 4.13. The second kappa shape index (κ2) is 7.16. The molecule has 1 aromatic heterocycles. The van der Waals surface area contributed by atoms with Crippen molar-refractivity contribution in [3.63, 3.8) is 0 Å². The predicted molar refractivity (Wildman–Crippen MR) is 98.2 cm³/mol. The molecule has 3 heterocycles. The fourth-order valence-corrected chi connectivity index (χ4v) is 5.73. The van der Waals surface area contributed by atoms with Crippen LogP contribution in [0.15, 0.2) is 22.8 Å². The molecule has 3 rings (SSSR count). The lowest BCUT2D eigenvalue weighted by Gasteiger charge is -2.52. The van der Waals surface area contributed by atoms with Crippen LogP contribution in [0.5, 0.6) is 0 Å². The van der Waals surface area contributed by atoms with Crippen molar-refractivity contribution < 1.29 is 22.4 Å². The van der Waals surface area contributed by atoms with Crippen LogP contribution in [0.4, 0.5) is 4.79 Å². The molecule has 3 amide bonds. The molecule has 2 saturated heterocycles. The standard InChI is InChI=1S/C17H26N4O5S/c1-19(2)15(22)17-7-10-27(24,25)20(3)14(17)6-8-21(12-17)16(23)18-11-13-5-4-9-26-13/h4-5,9,14H,6-8,10-12H2,1-3H3,(H,18,23)/t14-,17+/m1/s1. The van der Waals surface area contributed by atoms with Gasteiger partial charge in [-0.05, 0) is 25.0 Å². The number of nitrogens with one attached hydrogen (secondary N) is 1. The Morgan fingerprint density at radius 3 is 2.78 bits per heavy atom. The first-order chi connectivity index (χ1) is 12.7. The molecule has 0 bridgehead atoms. The Balaban J connectivity index is 1.80. The van der Waals surface area contributed by atoms with Crippen molar-refractivity contribution in [3.8, 4) is 0 Å². The van der Waals surface area contributed by atoms with E-state index in [0.717, 1.165) is 0 Å². The van der Waals surface area contributed by atoms with Crippen LogP contribution in [0.2, 0.25) is 0 Å². The van der Waals surface area contributed by atoms with Crippen molar-refractivity contribution in [3.05, 3.63) is 24.2 Å². The third-order valence-corrected chi connectivity index (χ3v) is 7.43. The summed E-state index contributed by atoms with van der Waals surface area (Å²) in [5.74, 6) is 0.403. The first-order valence-electron chi connectivity index (χ1n) is 8.90. The number of rotatable bonds is 3. The van der Waals surface area contributed by atoms with Gasteiger partial charge in [0.05, 0.1) is 24.0 Å². The molecular weight excluding hydrogens is 372 g/mol. The van der Waals surface area contributed by atoms with Gasteiger partial charge in [0.1, 0.15) is 5.76 Å². The van der Waals surface area contributed by atoms with Gasteiger partial charge >= 0.3 is 6.03 Å². The maximum absolute atomic E-state index is 13.1. The Morgan fingerprint density at radius 2 is 2.15 bits per heavy atom. The van der Waals surface area contributed by atoms with Gasteiger partial charge in [0, 0.05) is 40.3 Å². The molecule has 10 heteroatoms. The normalized spacial score (nSPS) is 27.7. The Hall–Kier alpha value is -2.07. The second-order valence-electron chi connectivity index (χ2n) is 7.40. The smallest absolute Gasteiger partial charge is 0.317 e. The molecule has 2 aliphatic heterocycles. The van der Waals surface area contributed by atoms with Crippen LogP contribution >= 0.6 is 0 Å². The molecule has 0 spiro atoms. The van der Waals surface area contributed by atoms with Crippen LogP contribution in [0.3, 0.4) is 0 Å². The van der Waals surface area contributed by atoms with E-state index < -0.39 is 21.5 Å². The summed E-state index contributed by atoms with van der Waals surface area (Å²) in [4.78, 5) is 28.8. The van der Waals surface area contributed by atoms with E-state index in [9.17, 15) is 18.0 Å². The number of nitrogens with zero attached hydrogens (tertiary/aromatic N) is 3. The van der Waals surface area contributed by atoms with Crippen LogP contribution < -0.4 is 5.32 Å². The molecule has 0 aliphatic carbocycles. The molecule has 0 saturated carbocycles. The SMILES string of the molecule is CN(C)C(=O)[C@]12CCS(=O)(=O)N(C)[C@@H]1CCN(C(=O)NCc1ccco1)C2. The Bertz CT molecular complexity index is 807. The molecule has 0 unspecified atom stereocenters. The van der Waals surface area contributed by atoms with E-state index in [1.165, 1.54) is 22.5 Å². The highest BCUT2D eigenvalue weighted by Gasteiger charge is 2.57. The quantitative estimate of drug-likeness (QED) is 0.789. The minimum atomic E-state index is -3.38. The van der Waals surface area contributed by atoms with Crippen LogP contribution in [-0.4, -0.2) is 80.5 Å². The number of carbonyl (C=O) groups excluding carboxylic acids is 2. The van der Waals surface area contributed by atoms with Crippen molar-refractivity contribution in [1.29, 1.82) is 0 Å². The molecule has 2 aliphatic rings. The number of carbonyl (C=O) groups is 2. The Kier molecular flexibility index (Phi) is 5.22. The number of amides is 3. The maximum Gasteiger partial charge on any atom is 0.317 e. The number of piperidine rings is 1. The number of hydrogen-bond acceptors (Lipinski definition) is 5. The largest absolute Gasteiger partial charge is 0.467 e. The Morgan fingerprint density at radius 1 is 1.41 bits per heavy atom. The van der Waals surface area contributed by atoms with Gasteiger partial charge in [0.25, 0.3) is 0 Å². The monoisotopic (exact) mass is 398 g/mol. The van der Waals surface area contributed by atoms with E-state index in [1.54, 1.807) is 31.1 Å². The minimum absolute atomic E-state index is 0.0958. The summed E-state index contributed by atoms with van der Waals surface area (Å²) >= 11 is 0. The minimum Gasteiger partial charge on any atom is -0.467 e. The van der Waals surface area contributed by atoms with Crippen LogP contribution in [0, 0.1) is 5.41 Å². The summed E-state index contributed by atoms with van der Waals surface area (Å²) in [6.45, 7) is 0.837. The summed E-state index contributed by atoms with van der Waals surface area (Å²) in [7, 11) is 1.48. The summed E-state index contributed by atoms with van der Waals surface area (Å²) in [5, 5.41) is 2.80. The van der Waals surface area contributed by atoms with E-state index in [2.05, 4.69) is 5.32 Å². The van der Waals surface area contributed by atoms with Gasteiger partial charge in [-0.3, -0.25) is 4.79 Å². The van der Waals surface area contributed by atoms with Crippen LogP contribution in [-0.2, 0) is 21.4 Å². The zero-order valence-electron chi connectivity index (χ0n) is 15.8. The molecule has 1 aromatic rings. The van der Waals surface area contributed by atoms with Gasteiger partial charge in [-0.15, -0.1) is 0 Å². The number of furan rings is 1.